The van der Waals surface area contributed by atoms with Crippen molar-refractivity contribution in [3.8, 4) is 0 Å². The number of unbranched alkanes of at least 4 members (excludes halogenated alkanes) is 1. The third-order valence-electron chi connectivity index (χ3n) is 5.39. The first-order chi connectivity index (χ1) is 11.6. The molecule has 0 aromatic carbocycles. The van der Waals surface area contributed by atoms with Gasteiger partial charge >= 0.3 is 0 Å². The summed E-state index contributed by atoms with van der Waals surface area (Å²) < 4.78 is 0. The molecule has 24 heavy (non-hydrogen) atoms. The van der Waals surface area contributed by atoms with Crippen molar-refractivity contribution >= 4 is 5.96 Å². The predicted octanol–water partition coefficient (Wildman–Crippen LogP) is 2.15. The Bertz CT molecular complexity index is 376. The smallest absolute Gasteiger partial charge is 0.191 e. The van der Waals surface area contributed by atoms with Gasteiger partial charge in [0.05, 0.1) is 0 Å². The molecule has 0 spiro atoms. The summed E-state index contributed by atoms with van der Waals surface area (Å²) in [7, 11) is 0. The molecule has 2 aliphatic rings. The minimum Gasteiger partial charge on any atom is -0.357 e. The van der Waals surface area contributed by atoms with Crippen molar-refractivity contribution < 1.29 is 0 Å². The first kappa shape index (κ1) is 19.5. The van der Waals surface area contributed by atoms with E-state index in [9.17, 15) is 0 Å². The summed E-state index contributed by atoms with van der Waals surface area (Å²) in [4.78, 5) is 9.95. The van der Waals surface area contributed by atoms with Crippen molar-refractivity contribution in [2.24, 2.45) is 10.9 Å². The first-order valence-electron chi connectivity index (χ1n) is 10.1. The van der Waals surface area contributed by atoms with Crippen LogP contribution in [0.5, 0.6) is 0 Å². The van der Waals surface area contributed by atoms with E-state index in [1.165, 1.54) is 51.9 Å². The van der Waals surface area contributed by atoms with Crippen molar-refractivity contribution in [3.63, 3.8) is 0 Å². The normalized spacial score (nSPS) is 26.5. The van der Waals surface area contributed by atoms with Gasteiger partial charge in [0.1, 0.15) is 0 Å². The van der Waals surface area contributed by atoms with E-state index in [1.807, 2.05) is 0 Å². The van der Waals surface area contributed by atoms with Gasteiger partial charge in [-0.1, -0.05) is 6.92 Å². The molecule has 140 valence electrons. The van der Waals surface area contributed by atoms with E-state index < -0.39 is 0 Å². The van der Waals surface area contributed by atoms with Crippen molar-refractivity contribution in [3.05, 3.63) is 0 Å². The molecule has 0 bridgehead atoms. The molecule has 0 radical (unpaired) electrons. The minimum atomic E-state index is 0.509. The van der Waals surface area contributed by atoms with Crippen LogP contribution in [0.25, 0.3) is 0 Å². The molecule has 2 fully saturated rings. The van der Waals surface area contributed by atoms with Crippen molar-refractivity contribution in [1.29, 1.82) is 0 Å². The molecule has 0 aromatic heterocycles. The van der Waals surface area contributed by atoms with Gasteiger partial charge in [-0.25, -0.2) is 0 Å². The van der Waals surface area contributed by atoms with Gasteiger partial charge in [0, 0.05) is 38.3 Å². The van der Waals surface area contributed by atoms with Gasteiger partial charge in [-0.3, -0.25) is 9.89 Å². The lowest BCUT2D eigenvalue weighted by molar-refractivity contribution is 0.265. The van der Waals surface area contributed by atoms with E-state index in [-0.39, 0.29) is 0 Å². The number of nitrogens with zero attached hydrogens (tertiary/aromatic N) is 3. The summed E-state index contributed by atoms with van der Waals surface area (Å²) >= 11 is 0. The van der Waals surface area contributed by atoms with Gasteiger partial charge < -0.3 is 15.5 Å². The maximum atomic E-state index is 4.80. The number of aliphatic imine (C=N–C) groups is 1. The first-order valence-corrected chi connectivity index (χ1v) is 10.1. The highest BCUT2D eigenvalue weighted by Gasteiger charge is 2.31. The Balaban J connectivity index is 1.71. The number of hydrogen-bond acceptors (Lipinski definition) is 3. The molecule has 2 aliphatic heterocycles. The summed E-state index contributed by atoms with van der Waals surface area (Å²) in [6.45, 7) is 17.1. The van der Waals surface area contributed by atoms with Crippen LogP contribution in [0.15, 0.2) is 4.99 Å². The van der Waals surface area contributed by atoms with Crippen LogP contribution in [0.4, 0.5) is 0 Å². The zero-order valence-electron chi connectivity index (χ0n) is 16.4. The summed E-state index contributed by atoms with van der Waals surface area (Å²) in [5, 5.41) is 7.09. The number of likely N-dealkylation sites (tertiary alicyclic amines) is 2. The monoisotopic (exact) mass is 337 g/mol. The highest BCUT2D eigenvalue weighted by atomic mass is 15.3. The summed E-state index contributed by atoms with van der Waals surface area (Å²) in [6.07, 6.45) is 5.23. The number of rotatable bonds is 8. The Morgan fingerprint density at radius 3 is 2.54 bits per heavy atom. The zero-order chi connectivity index (χ0) is 17.4. The molecule has 2 unspecified atom stereocenters. The summed E-state index contributed by atoms with van der Waals surface area (Å²) in [5.41, 5.74) is 0. The van der Waals surface area contributed by atoms with Crippen molar-refractivity contribution in [1.82, 2.24) is 20.4 Å². The fraction of sp³-hybridized carbons (Fsp3) is 0.947. The fourth-order valence-corrected chi connectivity index (χ4v) is 3.75. The summed E-state index contributed by atoms with van der Waals surface area (Å²) in [5.74, 6) is 1.67. The second-order valence-electron chi connectivity index (χ2n) is 7.79. The van der Waals surface area contributed by atoms with Crippen LogP contribution in [0.3, 0.4) is 0 Å². The molecule has 0 amide bonds. The van der Waals surface area contributed by atoms with E-state index in [0.29, 0.717) is 18.0 Å². The second-order valence-corrected chi connectivity index (χ2v) is 7.79. The van der Waals surface area contributed by atoms with Crippen LogP contribution in [0.2, 0.25) is 0 Å². The van der Waals surface area contributed by atoms with E-state index in [4.69, 9.17) is 4.99 Å². The third-order valence-corrected chi connectivity index (χ3v) is 5.39. The van der Waals surface area contributed by atoms with Gasteiger partial charge in [-0.2, -0.15) is 0 Å². The standard InChI is InChI=1S/C19H39N5/c1-5-20-19(21-10-6-7-11-23-12-8-9-13-23)22-18-15-24(16(2)3)14-17(18)4/h16-18H,5-15H2,1-4H3,(H2,20,21,22). The maximum absolute atomic E-state index is 4.80. The highest BCUT2D eigenvalue weighted by Crippen LogP contribution is 2.18. The van der Waals surface area contributed by atoms with Crippen LogP contribution in [0, 0.1) is 5.92 Å². The quantitative estimate of drug-likeness (QED) is 0.405. The van der Waals surface area contributed by atoms with Crippen LogP contribution in [0.1, 0.15) is 53.4 Å². The topological polar surface area (TPSA) is 42.9 Å². The Labute approximate surface area is 149 Å². The van der Waals surface area contributed by atoms with Gasteiger partial charge in [0.25, 0.3) is 0 Å². The zero-order valence-corrected chi connectivity index (χ0v) is 16.4. The lowest BCUT2D eigenvalue weighted by Gasteiger charge is -2.22. The second kappa shape index (κ2) is 10.2. The molecule has 5 heteroatoms. The molecule has 0 aliphatic carbocycles. The van der Waals surface area contributed by atoms with Crippen LogP contribution >= 0.6 is 0 Å². The fourth-order valence-electron chi connectivity index (χ4n) is 3.75. The van der Waals surface area contributed by atoms with Gasteiger partial charge in [0.15, 0.2) is 5.96 Å². The Morgan fingerprint density at radius 1 is 1.17 bits per heavy atom. The Hall–Kier alpha value is -0.810. The average Bonchev–Trinajstić information content (AvgIpc) is 3.17. The molecule has 2 rings (SSSR count). The molecule has 2 atom stereocenters. The molecule has 2 saturated heterocycles. The van der Waals surface area contributed by atoms with Gasteiger partial charge in [0.2, 0.25) is 0 Å². The molecule has 2 N–H and O–H groups in total. The highest BCUT2D eigenvalue weighted by molar-refractivity contribution is 5.80. The van der Waals surface area contributed by atoms with Gasteiger partial charge in [-0.05, 0) is 72.0 Å². The SMILES string of the molecule is CCNC(=NCCCCN1CCCC1)NC1CN(C(C)C)CC1C. The molecule has 2 heterocycles. The predicted molar refractivity (Wildman–Crippen MR) is 104 cm³/mol. The summed E-state index contributed by atoms with van der Waals surface area (Å²) in [6, 6.07) is 1.14. The lowest BCUT2D eigenvalue weighted by atomic mass is 10.1. The van der Waals surface area contributed by atoms with E-state index in [1.54, 1.807) is 0 Å². The molecule has 0 saturated carbocycles. The molecule has 5 nitrogen and oxygen atoms in total. The third kappa shape index (κ3) is 6.25. The van der Waals surface area contributed by atoms with Gasteiger partial charge in [-0.15, -0.1) is 0 Å². The van der Waals surface area contributed by atoms with E-state index in [0.717, 1.165) is 25.6 Å². The number of nitrogens with one attached hydrogen (secondary N) is 2. The van der Waals surface area contributed by atoms with E-state index >= 15 is 0 Å². The molecular formula is C19H39N5. The Morgan fingerprint density at radius 2 is 1.92 bits per heavy atom. The number of guanidine groups is 1. The van der Waals surface area contributed by atoms with Crippen LogP contribution < -0.4 is 10.6 Å². The maximum Gasteiger partial charge on any atom is 0.191 e. The largest absolute Gasteiger partial charge is 0.357 e. The van der Waals surface area contributed by atoms with E-state index in [2.05, 4.69) is 48.1 Å². The lowest BCUT2D eigenvalue weighted by Crippen LogP contribution is -2.46. The van der Waals surface area contributed by atoms with Crippen LogP contribution in [-0.2, 0) is 0 Å². The Kier molecular flexibility index (Phi) is 8.33. The minimum absolute atomic E-state index is 0.509. The van der Waals surface area contributed by atoms with Crippen molar-refractivity contribution in [2.75, 3.05) is 45.8 Å². The average molecular weight is 338 g/mol. The molecular weight excluding hydrogens is 298 g/mol. The molecule has 0 aromatic rings. The van der Waals surface area contributed by atoms with Crippen LogP contribution in [-0.4, -0.2) is 73.7 Å². The number of hydrogen-bond donors (Lipinski definition) is 2. The van der Waals surface area contributed by atoms with Crippen molar-refractivity contribution in [2.45, 2.75) is 65.5 Å².